The summed E-state index contributed by atoms with van der Waals surface area (Å²) in [7, 11) is -4.17. The van der Waals surface area contributed by atoms with Gasteiger partial charge in [0, 0.05) is 24.0 Å². The molecule has 2 aliphatic heterocycles. The number of amides is 1. The lowest BCUT2D eigenvalue weighted by Crippen LogP contribution is -2.46. The van der Waals surface area contributed by atoms with Crippen LogP contribution in [0.15, 0.2) is 47.6 Å². The van der Waals surface area contributed by atoms with Crippen LogP contribution in [-0.2, 0) is 27.5 Å². The summed E-state index contributed by atoms with van der Waals surface area (Å²) in [6, 6.07) is 3.00. The van der Waals surface area contributed by atoms with Gasteiger partial charge in [0.25, 0.3) is 0 Å². The standard InChI is InChI=1S/C24H19F7N6O4S/c25-14-1-3-17(4-2-14)42(39,40)37-16-5-12(6-16)19(37)20(38)32-10-15-7-18(36-22(35-15)41-11-23(26,27)28)13-8-33-21(34-9-13)24(29,30)31/h1-4,7-9,12,16,19H,5-6,10-11H2,(H,32,38)/t12?,16?,19-/m0/s1. The van der Waals surface area contributed by atoms with E-state index < -0.39 is 71.2 Å². The third-order valence-corrected chi connectivity index (χ3v) is 8.60. The average molecular weight is 621 g/mol. The van der Waals surface area contributed by atoms with Crippen molar-refractivity contribution in [2.24, 2.45) is 5.92 Å². The zero-order valence-corrected chi connectivity index (χ0v) is 21.8. The van der Waals surface area contributed by atoms with Gasteiger partial charge in [0.1, 0.15) is 11.9 Å². The maximum Gasteiger partial charge on any atom is 0.451 e. The molecule has 10 nitrogen and oxygen atoms in total. The Morgan fingerprint density at radius 1 is 1.02 bits per heavy atom. The largest absolute Gasteiger partial charge is 0.454 e. The van der Waals surface area contributed by atoms with E-state index in [1.165, 1.54) is 6.07 Å². The van der Waals surface area contributed by atoms with E-state index in [1.54, 1.807) is 0 Å². The molecule has 1 atom stereocenters. The van der Waals surface area contributed by atoms with E-state index in [4.69, 9.17) is 0 Å². The number of benzene rings is 1. The fourth-order valence-electron chi connectivity index (χ4n) is 4.75. The smallest absolute Gasteiger partial charge is 0.451 e. The number of nitrogens with zero attached hydrogens (tertiary/aromatic N) is 5. The molecule has 18 heteroatoms. The van der Waals surface area contributed by atoms with Crippen LogP contribution >= 0.6 is 0 Å². The van der Waals surface area contributed by atoms with Crippen LogP contribution in [-0.4, -0.2) is 63.4 Å². The molecular weight excluding hydrogens is 601 g/mol. The molecule has 1 aromatic carbocycles. The number of aromatic nitrogens is 4. The van der Waals surface area contributed by atoms with Gasteiger partial charge in [-0.2, -0.15) is 40.6 Å². The minimum absolute atomic E-state index is 0.0938. The van der Waals surface area contributed by atoms with Crippen LogP contribution in [0, 0.1) is 11.7 Å². The number of carbonyl (C=O) groups is 1. The van der Waals surface area contributed by atoms with Gasteiger partial charge < -0.3 is 10.1 Å². The van der Waals surface area contributed by atoms with E-state index in [2.05, 4.69) is 30.0 Å². The van der Waals surface area contributed by atoms with Gasteiger partial charge in [-0.05, 0) is 49.1 Å². The Morgan fingerprint density at radius 3 is 2.26 bits per heavy atom. The molecule has 0 radical (unpaired) electrons. The Labute approximate surface area is 233 Å². The van der Waals surface area contributed by atoms with Crippen LogP contribution in [0.3, 0.4) is 0 Å². The Bertz CT molecular complexity index is 1580. The zero-order valence-electron chi connectivity index (χ0n) is 21.0. The maximum atomic E-state index is 13.3. The number of nitrogens with one attached hydrogen (secondary N) is 1. The van der Waals surface area contributed by atoms with Gasteiger partial charge in [-0.25, -0.2) is 22.8 Å². The number of fused-ring (bicyclic) bond motifs is 1. The molecular formula is C24H19F7N6O4S. The van der Waals surface area contributed by atoms with Crippen molar-refractivity contribution < 1.29 is 48.7 Å². The van der Waals surface area contributed by atoms with Gasteiger partial charge in [0.2, 0.25) is 21.8 Å². The molecule has 1 amide bonds. The van der Waals surface area contributed by atoms with Crippen molar-refractivity contribution in [3.05, 3.63) is 60.1 Å². The quantitative estimate of drug-likeness (QED) is 0.380. The Balaban J connectivity index is 1.37. The fourth-order valence-corrected chi connectivity index (χ4v) is 6.60. The summed E-state index contributed by atoms with van der Waals surface area (Å²) in [6.45, 7) is -2.19. The highest BCUT2D eigenvalue weighted by Crippen LogP contribution is 2.48. The maximum absolute atomic E-state index is 13.3. The molecule has 224 valence electrons. The third kappa shape index (κ3) is 6.13. The van der Waals surface area contributed by atoms with Gasteiger partial charge in [-0.15, -0.1) is 0 Å². The predicted octanol–water partition coefficient (Wildman–Crippen LogP) is 3.50. The summed E-state index contributed by atoms with van der Waals surface area (Å²) >= 11 is 0. The van der Waals surface area contributed by atoms with E-state index in [1.807, 2.05) is 0 Å². The number of hydrogen-bond donors (Lipinski definition) is 1. The topological polar surface area (TPSA) is 127 Å². The second-order valence-corrected chi connectivity index (χ2v) is 11.4. The average Bonchev–Trinajstić information content (AvgIpc) is 3.48. The van der Waals surface area contributed by atoms with Crippen molar-refractivity contribution in [1.29, 1.82) is 0 Å². The Morgan fingerprint density at radius 2 is 1.67 bits per heavy atom. The van der Waals surface area contributed by atoms with Crippen LogP contribution in [0.2, 0.25) is 0 Å². The summed E-state index contributed by atoms with van der Waals surface area (Å²) in [6.07, 6.45) is -7.21. The van der Waals surface area contributed by atoms with Gasteiger partial charge >= 0.3 is 18.4 Å². The first-order valence-electron chi connectivity index (χ1n) is 12.2. The molecule has 42 heavy (non-hydrogen) atoms. The van der Waals surface area contributed by atoms with Crippen molar-refractivity contribution in [1.82, 2.24) is 29.6 Å². The monoisotopic (exact) mass is 620 g/mol. The third-order valence-electron chi connectivity index (χ3n) is 6.66. The molecule has 3 aromatic rings. The first kappa shape index (κ1) is 29.6. The number of alkyl halides is 6. The highest BCUT2D eigenvalue weighted by atomic mass is 32.2. The lowest BCUT2D eigenvalue weighted by atomic mass is 9.83. The van der Waals surface area contributed by atoms with Gasteiger partial charge in [-0.1, -0.05) is 0 Å². The molecule has 4 heterocycles. The highest BCUT2D eigenvalue weighted by Gasteiger charge is 2.58. The number of hydrogen-bond acceptors (Lipinski definition) is 8. The highest BCUT2D eigenvalue weighted by molar-refractivity contribution is 7.89. The molecule has 0 spiro atoms. The zero-order chi connectivity index (χ0) is 30.4. The van der Waals surface area contributed by atoms with E-state index in [9.17, 15) is 43.9 Å². The van der Waals surface area contributed by atoms with Crippen LogP contribution < -0.4 is 10.1 Å². The van der Waals surface area contributed by atoms with Crippen molar-refractivity contribution >= 4 is 15.9 Å². The summed E-state index contributed by atoms with van der Waals surface area (Å²) in [5.74, 6) is -3.08. The lowest BCUT2D eigenvalue weighted by molar-refractivity contribution is -0.154. The van der Waals surface area contributed by atoms with E-state index in [0.717, 1.165) is 41.0 Å². The molecule has 0 unspecified atom stereocenters. The van der Waals surface area contributed by atoms with E-state index in [-0.39, 0.29) is 27.8 Å². The lowest BCUT2D eigenvalue weighted by Gasteiger charge is -2.25. The minimum Gasteiger partial charge on any atom is -0.454 e. The van der Waals surface area contributed by atoms with Crippen LogP contribution in [0.5, 0.6) is 6.01 Å². The second kappa shape index (κ2) is 10.7. The number of rotatable bonds is 8. The van der Waals surface area contributed by atoms with Gasteiger partial charge in [0.15, 0.2) is 6.61 Å². The molecule has 3 fully saturated rings. The van der Waals surface area contributed by atoms with Crippen molar-refractivity contribution in [3.8, 4) is 17.3 Å². The molecule has 6 rings (SSSR count). The van der Waals surface area contributed by atoms with E-state index in [0.29, 0.717) is 12.8 Å². The fraction of sp³-hybridized carbons (Fsp3) is 0.375. The van der Waals surface area contributed by atoms with Crippen LogP contribution in [0.1, 0.15) is 24.4 Å². The van der Waals surface area contributed by atoms with Crippen molar-refractivity contribution in [3.63, 3.8) is 0 Å². The van der Waals surface area contributed by atoms with Crippen LogP contribution in [0.4, 0.5) is 30.7 Å². The van der Waals surface area contributed by atoms with Crippen LogP contribution in [0.25, 0.3) is 11.3 Å². The Hall–Kier alpha value is -3.93. The molecule has 3 aliphatic rings. The molecule has 2 aromatic heterocycles. The molecule has 1 saturated carbocycles. The second-order valence-electron chi connectivity index (χ2n) is 9.56. The summed E-state index contributed by atoms with van der Waals surface area (Å²) in [4.78, 5) is 27.0. The molecule has 1 aliphatic carbocycles. The first-order chi connectivity index (χ1) is 19.6. The summed E-state index contributed by atoms with van der Waals surface area (Å²) < 4.78 is 122. The summed E-state index contributed by atoms with van der Waals surface area (Å²) in [5, 5.41) is 2.51. The van der Waals surface area contributed by atoms with Gasteiger partial charge in [-0.3, -0.25) is 4.79 Å². The number of sulfonamides is 1. The Kier molecular flexibility index (Phi) is 7.55. The summed E-state index contributed by atoms with van der Waals surface area (Å²) in [5.41, 5.74) is -0.393. The van der Waals surface area contributed by atoms with E-state index >= 15 is 0 Å². The van der Waals surface area contributed by atoms with Gasteiger partial charge in [0.05, 0.1) is 22.8 Å². The number of halogens is 7. The van der Waals surface area contributed by atoms with Crippen molar-refractivity contribution in [2.45, 2.75) is 48.7 Å². The molecule has 2 saturated heterocycles. The first-order valence-corrected chi connectivity index (χ1v) is 13.6. The number of carbonyl (C=O) groups excluding carboxylic acids is 1. The molecule has 1 N–H and O–H groups in total. The molecule has 2 bridgehead atoms. The van der Waals surface area contributed by atoms with Crippen molar-refractivity contribution in [2.75, 3.05) is 6.61 Å². The SMILES string of the molecule is O=C(NCc1cc(-c2cnc(C(F)(F)F)nc2)nc(OCC(F)(F)F)n1)[C@@H]1C2CC(C2)N1S(=O)(=O)c1ccc(F)cc1. The number of ether oxygens (including phenoxy) is 1. The minimum atomic E-state index is -4.83. The normalized spacial score (nSPS) is 20.7. The predicted molar refractivity (Wildman–Crippen MR) is 127 cm³/mol.